The highest BCUT2D eigenvalue weighted by Gasteiger charge is 2.13. The molecule has 3 aromatic rings. The van der Waals surface area contributed by atoms with Crippen molar-refractivity contribution in [3.8, 4) is 0 Å². The Hall–Kier alpha value is -3.12. The lowest BCUT2D eigenvalue weighted by molar-refractivity contribution is 0.590. The molecule has 164 valence electrons. The molecule has 0 atom stereocenters. The van der Waals surface area contributed by atoms with Crippen molar-refractivity contribution in [3.05, 3.63) is 112 Å². The maximum Gasteiger partial charge on any atom is -0.0132 e. The lowest BCUT2D eigenvalue weighted by Gasteiger charge is -2.18. The van der Waals surface area contributed by atoms with Crippen LogP contribution in [0.25, 0.3) is 30.4 Å². The topological polar surface area (TPSA) is 0 Å². The van der Waals surface area contributed by atoms with E-state index in [-0.39, 0.29) is 10.8 Å². The summed E-state index contributed by atoms with van der Waals surface area (Å²) < 4.78 is 0. The quantitative estimate of drug-likeness (QED) is 0.361. The van der Waals surface area contributed by atoms with Gasteiger partial charge in [0, 0.05) is 0 Å². The van der Waals surface area contributed by atoms with E-state index >= 15 is 0 Å². The third kappa shape index (κ3) is 6.44. The van der Waals surface area contributed by atoms with Gasteiger partial charge in [-0.2, -0.15) is 0 Å². The third-order valence-electron chi connectivity index (χ3n) is 5.73. The van der Waals surface area contributed by atoms with Crippen LogP contribution in [-0.4, -0.2) is 0 Å². The van der Waals surface area contributed by atoms with E-state index in [1.54, 1.807) is 0 Å². The van der Waals surface area contributed by atoms with Gasteiger partial charge in [-0.3, -0.25) is 0 Å². The Morgan fingerprint density at radius 1 is 0.469 bits per heavy atom. The zero-order valence-electron chi connectivity index (χ0n) is 20.4. The second-order valence-electron chi connectivity index (χ2n) is 10.5. The zero-order valence-corrected chi connectivity index (χ0v) is 20.4. The Kier molecular flexibility index (Phi) is 7.04. The largest absolute Gasteiger partial charge is 0.0985 e. The predicted octanol–water partition coefficient (Wildman–Crippen LogP) is 9.27. The molecule has 0 heteroatoms. The van der Waals surface area contributed by atoms with Gasteiger partial charge in [-0.25, -0.2) is 0 Å². The van der Waals surface area contributed by atoms with Crippen molar-refractivity contribution in [1.82, 2.24) is 0 Å². The van der Waals surface area contributed by atoms with E-state index in [0.717, 1.165) is 5.56 Å². The molecular weight excluding hydrogens is 384 g/mol. The average Bonchev–Trinajstić information content (AvgIpc) is 2.75. The molecule has 0 amide bonds. The number of hydrogen-bond acceptors (Lipinski definition) is 0. The van der Waals surface area contributed by atoms with Gasteiger partial charge in [-0.05, 0) is 68.0 Å². The van der Waals surface area contributed by atoms with Gasteiger partial charge in [0.15, 0.2) is 0 Å². The van der Waals surface area contributed by atoms with Crippen LogP contribution < -0.4 is 0 Å². The number of benzene rings is 3. The molecule has 0 fully saturated rings. The highest BCUT2D eigenvalue weighted by atomic mass is 14.2. The van der Waals surface area contributed by atoms with Crippen LogP contribution in [0.15, 0.2) is 73.3 Å². The molecule has 3 rings (SSSR count). The molecule has 0 saturated heterocycles. The molecule has 0 radical (unpaired) electrons. The molecule has 0 spiro atoms. The van der Waals surface area contributed by atoms with E-state index < -0.39 is 0 Å². The lowest BCUT2D eigenvalue weighted by atomic mass is 9.86. The van der Waals surface area contributed by atoms with Gasteiger partial charge in [0.05, 0.1) is 0 Å². The van der Waals surface area contributed by atoms with Crippen molar-refractivity contribution in [3.63, 3.8) is 0 Å². The Bertz CT molecular complexity index is 1020. The molecule has 0 aliphatic heterocycles. The Labute approximate surface area is 195 Å². The van der Waals surface area contributed by atoms with E-state index in [0.29, 0.717) is 0 Å². The summed E-state index contributed by atoms with van der Waals surface area (Å²) in [6, 6.07) is 24.2. The average molecular weight is 421 g/mol. The van der Waals surface area contributed by atoms with Crippen LogP contribution in [0.4, 0.5) is 0 Å². The molecule has 0 nitrogen and oxygen atoms in total. The summed E-state index contributed by atoms with van der Waals surface area (Å²) >= 11 is 0. The first-order valence-corrected chi connectivity index (χ1v) is 11.4. The predicted molar refractivity (Wildman–Crippen MR) is 145 cm³/mol. The summed E-state index contributed by atoms with van der Waals surface area (Å²) in [5, 5.41) is 0. The van der Waals surface area contributed by atoms with Crippen LogP contribution in [0, 0.1) is 0 Å². The van der Waals surface area contributed by atoms with Crippen molar-refractivity contribution >= 4 is 30.4 Å². The number of rotatable bonds is 5. The van der Waals surface area contributed by atoms with Crippen LogP contribution in [0.5, 0.6) is 0 Å². The molecule has 0 saturated carbocycles. The summed E-state index contributed by atoms with van der Waals surface area (Å²) in [7, 11) is 0. The number of hydrogen-bond donors (Lipinski definition) is 0. The normalized spacial score (nSPS) is 12.6. The smallest absolute Gasteiger partial charge is 0.0132 e. The van der Waals surface area contributed by atoms with Crippen molar-refractivity contribution in [2.75, 3.05) is 0 Å². The van der Waals surface area contributed by atoms with Gasteiger partial charge in [0.2, 0.25) is 0 Å². The van der Waals surface area contributed by atoms with Crippen LogP contribution in [0.2, 0.25) is 0 Å². The molecule has 0 unspecified atom stereocenters. The third-order valence-corrected chi connectivity index (χ3v) is 5.73. The molecule has 3 aromatic carbocycles. The maximum atomic E-state index is 3.97. The van der Waals surface area contributed by atoms with Gasteiger partial charge in [0.1, 0.15) is 0 Å². The van der Waals surface area contributed by atoms with Crippen LogP contribution >= 0.6 is 0 Å². The SMILES string of the molecule is C=Cc1cc(/C=C/c2ccc(C(C)(C)C)cc2)cc(/C=C/c2ccc(C(C)(C)C)cc2)c1. The van der Waals surface area contributed by atoms with Crippen molar-refractivity contribution in [2.45, 2.75) is 52.4 Å². The fourth-order valence-electron chi connectivity index (χ4n) is 3.59. The monoisotopic (exact) mass is 420 g/mol. The van der Waals surface area contributed by atoms with Gasteiger partial charge in [0.25, 0.3) is 0 Å². The fraction of sp³-hybridized carbons (Fsp3) is 0.250. The van der Waals surface area contributed by atoms with Crippen LogP contribution in [0.1, 0.15) is 80.5 Å². The van der Waals surface area contributed by atoms with Crippen LogP contribution in [-0.2, 0) is 10.8 Å². The van der Waals surface area contributed by atoms with Gasteiger partial charge in [-0.1, -0.05) is 127 Å². The van der Waals surface area contributed by atoms with Gasteiger partial charge >= 0.3 is 0 Å². The maximum absolute atomic E-state index is 3.97. The molecule has 32 heavy (non-hydrogen) atoms. The van der Waals surface area contributed by atoms with E-state index in [1.807, 2.05) is 6.08 Å². The molecule has 0 aromatic heterocycles. The highest BCUT2D eigenvalue weighted by molar-refractivity contribution is 5.76. The molecule has 0 heterocycles. The van der Waals surface area contributed by atoms with Gasteiger partial charge in [-0.15, -0.1) is 0 Å². The van der Waals surface area contributed by atoms with Crippen molar-refractivity contribution in [1.29, 1.82) is 0 Å². The first kappa shape index (κ1) is 23.5. The first-order valence-electron chi connectivity index (χ1n) is 11.4. The summed E-state index contributed by atoms with van der Waals surface area (Å²) in [6.45, 7) is 17.4. The first-order chi connectivity index (χ1) is 15.0. The summed E-state index contributed by atoms with van der Waals surface area (Å²) in [5.74, 6) is 0. The fourth-order valence-corrected chi connectivity index (χ4v) is 3.59. The Balaban J connectivity index is 1.80. The molecule has 0 N–H and O–H groups in total. The zero-order chi connectivity index (χ0) is 23.4. The minimum atomic E-state index is 0.175. The second-order valence-corrected chi connectivity index (χ2v) is 10.5. The van der Waals surface area contributed by atoms with E-state index in [1.165, 1.54) is 33.4 Å². The summed E-state index contributed by atoms with van der Waals surface area (Å²) in [5.41, 5.74) is 8.94. The van der Waals surface area contributed by atoms with E-state index in [4.69, 9.17) is 0 Å². The highest BCUT2D eigenvalue weighted by Crippen LogP contribution is 2.24. The lowest BCUT2D eigenvalue weighted by Crippen LogP contribution is -2.10. The second kappa shape index (κ2) is 9.57. The minimum absolute atomic E-state index is 0.175. The Morgan fingerprint density at radius 3 is 1.09 bits per heavy atom. The molecular formula is C32H36. The molecule has 0 aliphatic carbocycles. The minimum Gasteiger partial charge on any atom is -0.0985 e. The van der Waals surface area contributed by atoms with Crippen LogP contribution in [0.3, 0.4) is 0 Å². The Morgan fingerprint density at radius 2 is 0.781 bits per heavy atom. The summed E-state index contributed by atoms with van der Waals surface area (Å²) in [4.78, 5) is 0. The standard InChI is InChI=1S/C32H36/c1-8-24-21-27(11-9-25-13-17-29(18-14-25)31(2,3)4)23-28(22-24)12-10-26-15-19-30(20-16-26)32(5,6)7/h8-23H,1H2,2-7H3/b11-9+,12-10+. The molecule has 0 bridgehead atoms. The van der Waals surface area contributed by atoms with E-state index in [9.17, 15) is 0 Å². The van der Waals surface area contributed by atoms with E-state index in [2.05, 4.69) is 139 Å². The van der Waals surface area contributed by atoms with Crippen molar-refractivity contribution in [2.24, 2.45) is 0 Å². The molecule has 0 aliphatic rings. The van der Waals surface area contributed by atoms with Crippen molar-refractivity contribution < 1.29 is 0 Å². The van der Waals surface area contributed by atoms with Gasteiger partial charge < -0.3 is 0 Å². The summed E-state index contributed by atoms with van der Waals surface area (Å²) in [6.07, 6.45) is 10.6.